The highest BCUT2D eigenvalue weighted by Crippen LogP contribution is 2.45. The Balaban J connectivity index is 1.57. The van der Waals surface area contributed by atoms with Crippen LogP contribution < -0.4 is 0 Å². The summed E-state index contributed by atoms with van der Waals surface area (Å²) in [7, 11) is 0. The van der Waals surface area contributed by atoms with Crippen molar-refractivity contribution < 1.29 is 9.26 Å². The van der Waals surface area contributed by atoms with Crippen molar-refractivity contribution in [3.63, 3.8) is 0 Å². The van der Waals surface area contributed by atoms with Gasteiger partial charge < -0.3 is 9.26 Å². The van der Waals surface area contributed by atoms with Crippen LogP contribution in [-0.4, -0.2) is 23.4 Å². The molecule has 110 valence electrons. The predicted molar refractivity (Wildman–Crippen MR) is 78.2 cm³/mol. The normalized spacial score (nSPS) is 23.9. The zero-order valence-corrected chi connectivity index (χ0v) is 12.1. The first-order valence-corrected chi connectivity index (χ1v) is 7.81. The van der Waals surface area contributed by atoms with Crippen LogP contribution in [0.15, 0.2) is 34.9 Å². The second-order valence-corrected chi connectivity index (χ2v) is 6.31. The van der Waals surface area contributed by atoms with E-state index < -0.39 is 0 Å². The summed E-state index contributed by atoms with van der Waals surface area (Å²) in [6, 6.07) is 10.6. The van der Waals surface area contributed by atoms with Gasteiger partial charge in [0.25, 0.3) is 0 Å². The van der Waals surface area contributed by atoms with Crippen molar-refractivity contribution in [2.45, 2.75) is 43.4 Å². The summed E-state index contributed by atoms with van der Waals surface area (Å²) in [6.45, 7) is 1.54. The molecule has 0 N–H and O–H groups in total. The molecular weight excluding hydrogens is 264 g/mol. The molecule has 1 saturated heterocycles. The molecule has 1 aliphatic carbocycles. The lowest BCUT2D eigenvalue weighted by Crippen LogP contribution is -2.37. The van der Waals surface area contributed by atoms with E-state index in [1.54, 1.807) is 0 Å². The van der Waals surface area contributed by atoms with E-state index in [1.807, 2.05) is 0 Å². The molecule has 1 aromatic carbocycles. The highest BCUT2D eigenvalue weighted by Gasteiger charge is 2.44. The summed E-state index contributed by atoms with van der Waals surface area (Å²) in [4.78, 5) is 4.72. The van der Waals surface area contributed by atoms with Crippen molar-refractivity contribution >= 4 is 0 Å². The number of hydrogen-bond acceptors (Lipinski definition) is 4. The minimum absolute atomic E-state index is 0.0616. The lowest BCUT2D eigenvalue weighted by molar-refractivity contribution is 0.172. The summed E-state index contributed by atoms with van der Waals surface area (Å²) < 4.78 is 11.1. The maximum Gasteiger partial charge on any atom is 0.233 e. The molecule has 1 atom stereocenters. The molecule has 4 rings (SSSR count). The molecule has 2 heterocycles. The van der Waals surface area contributed by atoms with Gasteiger partial charge in [-0.2, -0.15) is 4.98 Å². The third kappa shape index (κ3) is 2.38. The average molecular weight is 284 g/mol. The molecule has 1 aliphatic heterocycles. The summed E-state index contributed by atoms with van der Waals surface area (Å²) in [6.07, 6.45) is 5.54. The molecule has 0 amide bonds. The van der Waals surface area contributed by atoms with E-state index in [0.29, 0.717) is 5.92 Å². The Morgan fingerprint density at radius 1 is 1.19 bits per heavy atom. The maximum absolute atomic E-state index is 5.64. The summed E-state index contributed by atoms with van der Waals surface area (Å²) in [5, 5.41) is 4.22. The fourth-order valence-electron chi connectivity index (χ4n) is 3.41. The van der Waals surface area contributed by atoms with E-state index in [-0.39, 0.29) is 5.41 Å². The zero-order chi connectivity index (χ0) is 14.1. The third-order valence-electron chi connectivity index (χ3n) is 4.89. The number of hydrogen-bond donors (Lipinski definition) is 0. The van der Waals surface area contributed by atoms with Gasteiger partial charge in [0.2, 0.25) is 5.89 Å². The van der Waals surface area contributed by atoms with Gasteiger partial charge in [0, 0.05) is 12.5 Å². The lowest BCUT2D eigenvalue weighted by Gasteiger charge is -2.38. The van der Waals surface area contributed by atoms with Crippen molar-refractivity contribution in [1.29, 1.82) is 0 Å². The van der Waals surface area contributed by atoms with Crippen LogP contribution in [-0.2, 0) is 16.6 Å². The number of nitrogens with zero attached hydrogens (tertiary/aromatic N) is 2. The molecule has 0 bridgehead atoms. The van der Waals surface area contributed by atoms with Gasteiger partial charge in [0.05, 0.1) is 12.0 Å². The molecule has 0 unspecified atom stereocenters. The van der Waals surface area contributed by atoms with Gasteiger partial charge in [-0.05, 0) is 31.2 Å². The summed E-state index contributed by atoms with van der Waals surface area (Å²) in [5.74, 6) is 1.98. The highest BCUT2D eigenvalue weighted by molar-refractivity contribution is 5.23. The van der Waals surface area contributed by atoms with Crippen LogP contribution in [0.5, 0.6) is 0 Å². The van der Waals surface area contributed by atoms with E-state index >= 15 is 0 Å². The molecule has 2 aliphatic rings. The quantitative estimate of drug-likeness (QED) is 0.864. The second-order valence-electron chi connectivity index (χ2n) is 6.31. The van der Waals surface area contributed by atoms with E-state index in [1.165, 1.54) is 12.0 Å². The second kappa shape index (κ2) is 5.26. The molecule has 2 aromatic rings. The van der Waals surface area contributed by atoms with Crippen LogP contribution in [0.25, 0.3) is 0 Å². The Morgan fingerprint density at radius 3 is 2.71 bits per heavy atom. The van der Waals surface area contributed by atoms with Gasteiger partial charge >= 0.3 is 0 Å². The van der Waals surface area contributed by atoms with E-state index in [9.17, 15) is 0 Å². The molecule has 0 spiro atoms. The van der Waals surface area contributed by atoms with Gasteiger partial charge in [-0.1, -0.05) is 41.9 Å². The molecule has 1 aromatic heterocycles. The van der Waals surface area contributed by atoms with Crippen LogP contribution in [0.3, 0.4) is 0 Å². The molecule has 1 saturated carbocycles. The van der Waals surface area contributed by atoms with Gasteiger partial charge in [0.1, 0.15) is 0 Å². The van der Waals surface area contributed by atoms with Gasteiger partial charge in [0.15, 0.2) is 5.82 Å². The molecule has 4 heteroatoms. The van der Waals surface area contributed by atoms with Crippen molar-refractivity contribution in [3.05, 3.63) is 47.6 Å². The van der Waals surface area contributed by atoms with Crippen LogP contribution in [0, 0.1) is 0 Å². The van der Waals surface area contributed by atoms with Gasteiger partial charge in [-0.3, -0.25) is 0 Å². The van der Waals surface area contributed by atoms with Crippen LogP contribution in [0.1, 0.15) is 48.9 Å². The van der Waals surface area contributed by atoms with E-state index in [2.05, 4.69) is 35.5 Å². The first kappa shape index (κ1) is 13.0. The smallest absolute Gasteiger partial charge is 0.233 e. The monoisotopic (exact) mass is 284 g/mol. The SMILES string of the molecule is c1ccc(CC2(c3nc([C@@H]4CCOC4)no3)CCC2)cc1. The molecule has 4 nitrogen and oxygen atoms in total. The Morgan fingerprint density at radius 2 is 2.05 bits per heavy atom. The standard InChI is InChI=1S/C17H20N2O2/c1-2-5-13(6-3-1)11-17(8-4-9-17)16-18-15(19-21-16)14-7-10-20-12-14/h1-3,5-6,14H,4,7-12H2/t14-/m1/s1. The fraction of sp³-hybridized carbons (Fsp3) is 0.529. The van der Waals surface area contributed by atoms with Crippen molar-refractivity contribution in [3.8, 4) is 0 Å². The number of rotatable bonds is 4. The van der Waals surface area contributed by atoms with Crippen LogP contribution in [0.4, 0.5) is 0 Å². The first-order valence-electron chi connectivity index (χ1n) is 7.81. The number of ether oxygens (including phenoxy) is 1. The van der Waals surface area contributed by atoms with E-state index in [4.69, 9.17) is 14.2 Å². The fourth-order valence-corrected chi connectivity index (χ4v) is 3.41. The van der Waals surface area contributed by atoms with Gasteiger partial charge in [-0.15, -0.1) is 0 Å². The molecule has 2 fully saturated rings. The van der Waals surface area contributed by atoms with Gasteiger partial charge in [-0.25, -0.2) is 0 Å². The first-order chi connectivity index (χ1) is 10.4. The largest absolute Gasteiger partial charge is 0.381 e. The Labute approximate surface area is 124 Å². The van der Waals surface area contributed by atoms with Crippen molar-refractivity contribution in [2.75, 3.05) is 13.2 Å². The maximum atomic E-state index is 5.64. The lowest BCUT2D eigenvalue weighted by atomic mass is 9.65. The third-order valence-corrected chi connectivity index (χ3v) is 4.89. The number of aromatic nitrogens is 2. The Bertz CT molecular complexity index is 598. The predicted octanol–water partition coefficient (Wildman–Crippen LogP) is 3.24. The van der Waals surface area contributed by atoms with E-state index in [0.717, 1.165) is 50.6 Å². The highest BCUT2D eigenvalue weighted by atomic mass is 16.5. The Kier molecular flexibility index (Phi) is 3.26. The zero-order valence-electron chi connectivity index (χ0n) is 12.1. The Hall–Kier alpha value is -1.68. The minimum atomic E-state index is 0.0616. The van der Waals surface area contributed by atoms with Crippen LogP contribution in [0.2, 0.25) is 0 Å². The topological polar surface area (TPSA) is 48.2 Å². The molecule has 0 radical (unpaired) electrons. The minimum Gasteiger partial charge on any atom is -0.381 e. The van der Waals surface area contributed by atoms with Crippen molar-refractivity contribution in [1.82, 2.24) is 10.1 Å². The van der Waals surface area contributed by atoms with Crippen molar-refractivity contribution in [2.24, 2.45) is 0 Å². The average Bonchev–Trinajstić information content (AvgIpc) is 3.14. The molecule has 21 heavy (non-hydrogen) atoms. The van der Waals surface area contributed by atoms with Crippen LogP contribution >= 0.6 is 0 Å². The number of benzene rings is 1. The summed E-state index contributed by atoms with van der Waals surface area (Å²) in [5.41, 5.74) is 1.41. The molecular formula is C17H20N2O2. The summed E-state index contributed by atoms with van der Waals surface area (Å²) >= 11 is 0.